The number of rotatable bonds is 9. The molecule has 0 heterocycles. The molecular weight excluding hydrogens is 402 g/mol. The summed E-state index contributed by atoms with van der Waals surface area (Å²) in [5.41, 5.74) is 2.30. The lowest BCUT2D eigenvalue weighted by atomic mass is 10.0. The van der Waals surface area contributed by atoms with Gasteiger partial charge in [0.05, 0.1) is 4.90 Å². The molecule has 0 aliphatic carbocycles. The van der Waals surface area contributed by atoms with Crippen LogP contribution in [0, 0.1) is 19.8 Å². The number of amides is 2. The van der Waals surface area contributed by atoms with Crippen LogP contribution in [0.25, 0.3) is 0 Å². The Kier molecular flexibility index (Phi) is 8.14. The van der Waals surface area contributed by atoms with Crippen LogP contribution in [0.1, 0.15) is 35.3 Å². The van der Waals surface area contributed by atoms with Crippen molar-refractivity contribution in [2.45, 2.75) is 38.6 Å². The SMILES string of the molecule is Cc1ccc(S(=O)(=O)NCCNC(=O)C(NC(=O)c2ccccc2C)C(C)C)cc1. The molecule has 2 aromatic carbocycles. The molecule has 1 atom stereocenters. The summed E-state index contributed by atoms with van der Waals surface area (Å²) < 4.78 is 27.0. The predicted octanol–water partition coefficient (Wildman–Crippen LogP) is 2.15. The largest absolute Gasteiger partial charge is 0.353 e. The lowest BCUT2D eigenvalue weighted by Crippen LogP contribution is -2.50. The van der Waals surface area contributed by atoms with Crippen molar-refractivity contribution in [2.24, 2.45) is 5.92 Å². The average molecular weight is 432 g/mol. The third-order valence-electron chi connectivity index (χ3n) is 4.67. The second kappa shape index (κ2) is 10.4. The topological polar surface area (TPSA) is 104 Å². The van der Waals surface area contributed by atoms with Crippen molar-refractivity contribution < 1.29 is 18.0 Å². The monoisotopic (exact) mass is 431 g/mol. The van der Waals surface area contributed by atoms with Crippen LogP contribution < -0.4 is 15.4 Å². The zero-order chi connectivity index (χ0) is 22.3. The number of benzene rings is 2. The van der Waals surface area contributed by atoms with E-state index in [4.69, 9.17) is 0 Å². The zero-order valence-electron chi connectivity index (χ0n) is 17.7. The minimum atomic E-state index is -3.64. The molecule has 0 fully saturated rings. The Balaban J connectivity index is 1.90. The fourth-order valence-electron chi connectivity index (χ4n) is 2.86. The molecule has 7 nitrogen and oxygen atoms in total. The van der Waals surface area contributed by atoms with Crippen molar-refractivity contribution >= 4 is 21.8 Å². The third-order valence-corrected chi connectivity index (χ3v) is 6.15. The molecule has 162 valence electrons. The highest BCUT2D eigenvalue weighted by molar-refractivity contribution is 7.89. The van der Waals surface area contributed by atoms with Gasteiger partial charge < -0.3 is 10.6 Å². The third kappa shape index (κ3) is 6.40. The first-order valence-electron chi connectivity index (χ1n) is 9.82. The molecule has 2 rings (SSSR count). The predicted molar refractivity (Wildman–Crippen MR) is 117 cm³/mol. The lowest BCUT2D eigenvalue weighted by molar-refractivity contribution is -0.123. The van der Waals surface area contributed by atoms with E-state index >= 15 is 0 Å². The maximum atomic E-state index is 12.6. The van der Waals surface area contributed by atoms with Gasteiger partial charge in [-0.2, -0.15) is 0 Å². The van der Waals surface area contributed by atoms with Gasteiger partial charge in [0.25, 0.3) is 5.91 Å². The number of carbonyl (C=O) groups excluding carboxylic acids is 2. The molecule has 0 saturated carbocycles. The van der Waals surface area contributed by atoms with Crippen molar-refractivity contribution in [3.63, 3.8) is 0 Å². The molecule has 2 aromatic rings. The smallest absolute Gasteiger partial charge is 0.252 e. The summed E-state index contributed by atoms with van der Waals surface area (Å²) in [6.07, 6.45) is 0. The standard InChI is InChI=1S/C22H29N3O4S/c1-15(2)20(25-21(26)19-8-6-5-7-17(19)4)22(27)23-13-14-24-30(28,29)18-11-9-16(3)10-12-18/h5-12,15,20,24H,13-14H2,1-4H3,(H,23,27)(H,25,26). The van der Waals surface area contributed by atoms with Gasteiger partial charge in [-0.3, -0.25) is 9.59 Å². The van der Waals surface area contributed by atoms with Crippen LogP contribution in [0.5, 0.6) is 0 Å². The van der Waals surface area contributed by atoms with Gasteiger partial charge in [0.2, 0.25) is 15.9 Å². The highest BCUT2D eigenvalue weighted by atomic mass is 32.2. The second-order valence-corrected chi connectivity index (χ2v) is 9.28. The Hall–Kier alpha value is -2.71. The summed E-state index contributed by atoms with van der Waals surface area (Å²) in [6, 6.07) is 12.9. The normalized spacial score (nSPS) is 12.4. The molecule has 8 heteroatoms. The molecule has 0 bridgehead atoms. The summed E-state index contributed by atoms with van der Waals surface area (Å²) in [7, 11) is -3.64. The van der Waals surface area contributed by atoms with Crippen molar-refractivity contribution in [2.75, 3.05) is 13.1 Å². The number of aryl methyl sites for hydroxylation is 2. The fraction of sp³-hybridized carbons (Fsp3) is 0.364. The van der Waals surface area contributed by atoms with E-state index in [1.165, 1.54) is 12.1 Å². The Morgan fingerprint density at radius 1 is 0.933 bits per heavy atom. The highest BCUT2D eigenvalue weighted by Crippen LogP contribution is 2.10. The molecule has 0 aromatic heterocycles. The van der Waals surface area contributed by atoms with Crippen molar-refractivity contribution in [1.29, 1.82) is 0 Å². The number of hydrogen-bond acceptors (Lipinski definition) is 4. The molecule has 2 amide bonds. The van der Waals surface area contributed by atoms with E-state index in [2.05, 4.69) is 15.4 Å². The number of nitrogens with one attached hydrogen (secondary N) is 3. The van der Waals surface area contributed by atoms with Gasteiger partial charge >= 0.3 is 0 Å². The molecule has 30 heavy (non-hydrogen) atoms. The first-order valence-corrected chi connectivity index (χ1v) is 11.3. The Morgan fingerprint density at radius 2 is 1.57 bits per heavy atom. The average Bonchev–Trinajstić information content (AvgIpc) is 2.69. The zero-order valence-corrected chi connectivity index (χ0v) is 18.5. The summed E-state index contributed by atoms with van der Waals surface area (Å²) in [5, 5.41) is 5.46. The summed E-state index contributed by atoms with van der Waals surface area (Å²) in [6.45, 7) is 7.53. The van der Waals surface area contributed by atoms with Crippen LogP contribution in [0.15, 0.2) is 53.4 Å². The first kappa shape index (κ1) is 23.6. The summed E-state index contributed by atoms with van der Waals surface area (Å²) >= 11 is 0. The maximum Gasteiger partial charge on any atom is 0.252 e. The van der Waals surface area contributed by atoms with E-state index in [1.807, 2.05) is 39.8 Å². The van der Waals surface area contributed by atoms with Crippen LogP contribution in [0.4, 0.5) is 0 Å². The molecule has 3 N–H and O–H groups in total. The van der Waals surface area contributed by atoms with Gasteiger partial charge in [-0.05, 0) is 43.5 Å². The Labute approximate surface area is 178 Å². The first-order chi connectivity index (χ1) is 14.1. The minimum Gasteiger partial charge on any atom is -0.353 e. The molecule has 0 spiro atoms. The summed E-state index contributed by atoms with van der Waals surface area (Å²) in [5.74, 6) is -0.814. The van der Waals surface area contributed by atoms with Crippen molar-refractivity contribution in [3.8, 4) is 0 Å². The van der Waals surface area contributed by atoms with Gasteiger partial charge in [0.15, 0.2) is 0 Å². The van der Waals surface area contributed by atoms with Gasteiger partial charge in [0.1, 0.15) is 6.04 Å². The van der Waals surface area contributed by atoms with Gasteiger partial charge in [-0.25, -0.2) is 13.1 Å². The summed E-state index contributed by atoms with van der Waals surface area (Å²) in [4.78, 5) is 25.3. The fourth-order valence-corrected chi connectivity index (χ4v) is 3.90. The van der Waals surface area contributed by atoms with Crippen LogP contribution >= 0.6 is 0 Å². The molecule has 1 unspecified atom stereocenters. The molecule has 0 saturated heterocycles. The second-order valence-electron chi connectivity index (χ2n) is 7.51. The van der Waals surface area contributed by atoms with Crippen molar-refractivity contribution in [3.05, 3.63) is 65.2 Å². The van der Waals surface area contributed by atoms with Gasteiger partial charge in [-0.1, -0.05) is 49.7 Å². The number of hydrogen-bond donors (Lipinski definition) is 3. The van der Waals surface area contributed by atoms with E-state index in [0.29, 0.717) is 5.56 Å². The van der Waals surface area contributed by atoms with E-state index in [0.717, 1.165) is 11.1 Å². The lowest BCUT2D eigenvalue weighted by Gasteiger charge is -2.22. The maximum absolute atomic E-state index is 12.6. The van der Waals surface area contributed by atoms with Crippen molar-refractivity contribution in [1.82, 2.24) is 15.4 Å². The van der Waals surface area contributed by atoms with Crippen LogP contribution in [-0.4, -0.2) is 39.4 Å². The number of carbonyl (C=O) groups is 2. The molecule has 0 radical (unpaired) electrons. The van der Waals surface area contributed by atoms with Crippen LogP contribution in [-0.2, 0) is 14.8 Å². The Morgan fingerprint density at radius 3 is 2.17 bits per heavy atom. The minimum absolute atomic E-state index is 0.0402. The van der Waals surface area contributed by atoms with Gasteiger partial charge in [0, 0.05) is 18.7 Å². The van der Waals surface area contributed by atoms with E-state index in [-0.39, 0.29) is 35.7 Å². The molecular formula is C22H29N3O4S. The van der Waals surface area contributed by atoms with E-state index in [1.54, 1.807) is 24.3 Å². The Bertz CT molecular complexity index is 986. The van der Waals surface area contributed by atoms with E-state index in [9.17, 15) is 18.0 Å². The van der Waals surface area contributed by atoms with Crippen LogP contribution in [0.2, 0.25) is 0 Å². The highest BCUT2D eigenvalue weighted by Gasteiger charge is 2.25. The molecule has 0 aliphatic heterocycles. The number of sulfonamides is 1. The molecule has 0 aliphatic rings. The van der Waals surface area contributed by atoms with Gasteiger partial charge in [-0.15, -0.1) is 0 Å². The van der Waals surface area contributed by atoms with Crippen LogP contribution in [0.3, 0.4) is 0 Å². The quantitative estimate of drug-likeness (QED) is 0.529. The van der Waals surface area contributed by atoms with E-state index < -0.39 is 16.1 Å².